The molecule has 0 radical (unpaired) electrons. The fourth-order valence-electron chi connectivity index (χ4n) is 2.33. The Morgan fingerprint density at radius 1 is 1.16 bits per heavy atom. The zero-order valence-corrected chi connectivity index (χ0v) is 9.92. The molecule has 1 saturated carbocycles. The van der Waals surface area contributed by atoms with Gasteiger partial charge in [0.2, 0.25) is 5.95 Å². The summed E-state index contributed by atoms with van der Waals surface area (Å²) < 4.78 is 30.5. The molecule has 1 aromatic carbocycles. The van der Waals surface area contributed by atoms with Crippen LogP contribution in [0.2, 0.25) is 0 Å². The number of halogens is 2. The minimum Gasteiger partial charge on any atom is -0.306 e. The number of aromatic nitrogens is 4. The van der Waals surface area contributed by atoms with Gasteiger partial charge in [0.25, 0.3) is 0 Å². The Balaban J connectivity index is 2.05. The van der Waals surface area contributed by atoms with Crippen LogP contribution in [0.1, 0.15) is 18.9 Å². The number of hydrogen-bond acceptors (Lipinski definition) is 2. The molecule has 6 heteroatoms. The first-order valence-electron chi connectivity index (χ1n) is 6.09. The summed E-state index contributed by atoms with van der Waals surface area (Å²) in [5.74, 6) is -1.06. The topological polar surface area (TPSA) is 35.6 Å². The zero-order chi connectivity index (χ0) is 13.0. The quantitative estimate of drug-likeness (QED) is 0.710. The van der Waals surface area contributed by atoms with Gasteiger partial charge in [-0.25, -0.2) is 18.7 Å². The fourth-order valence-corrected chi connectivity index (χ4v) is 2.33. The lowest BCUT2D eigenvalue weighted by Crippen LogP contribution is -2.03. The Morgan fingerprint density at radius 2 is 1.95 bits per heavy atom. The molecular weight excluding hydrogens is 250 g/mol. The Hall–Kier alpha value is -2.24. The molecule has 0 N–H and O–H groups in total. The molecule has 0 aliphatic heterocycles. The molecule has 0 spiro atoms. The van der Waals surface area contributed by atoms with E-state index in [0.717, 1.165) is 18.9 Å². The summed E-state index contributed by atoms with van der Waals surface area (Å²) in [6.45, 7) is 0. The first-order valence-corrected chi connectivity index (χ1v) is 6.09. The van der Waals surface area contributed by atoms with Crippen molar-refractivity contribution in [2.75, 3.05) is 0 Å². The van der Waals surface area contributed by atoms with Crippen molar-refractivity contribution in [1.29, 1.82) is 0 Å². The van der Waals surface area contributed by atoms with Gasteiger partial charge in [-0.15, -0.1) is 0 Å². The normalized spacial score (nSPS) is 15.3. The first-order chi connectivity index (χ1) is 9.24. The summed E-state index contributed by atoms with van der Waals surface area (Å²) in [7, 11) is 0. The number of fused-ring (bicyclic) bond motifs is 1. The van der Waals surface area contributed by atoms with Crippen LogP contribution in [0.4, 0.5) is 8.78 Å². The third-order valence-electron chi connectivity index (χ3n) is 3.36. The molecule has 1 fully saturated rings. The Kier molecular flexibility index (Phi) is 2.04. The maximum absolute atomic E-state index is 13.4. The van der Waals surface area contributed by atoms with E-state index >= 15 is 0 Å². The predicted octanol–water partition coefficient (Wildman–Crippen LogP) is 2.84. The monoisotopic (exact) mass is 260 g/mol. The Bertz CT molecular complexity index is 757. The molecule has 19 heavy (non-hydrogen) atoms. The number of imidazole rings is 2. The van der Waals surface area contributed by atoms with Gasteiger partial charge in [-0.1, -0.05) is 0 Å². The van der Waals surface area contributed by atoms with Crippen LogP contribution < -0.4 is 0 Å². The highest BCUT2D eigenvalue weighted by Gasteiger charge is 2.29. The molecule has 4 rings (SSSR count). The van der Waals surface area contributed by atoms with E-state index in [1.807, 2.05) is 4.57 Å². The summed E-state index contributed by atoms with van der Waals surface area (Å²) in [4.78, 5) is 8.38. The third kappa shape index (κ3) is 1.56. The van der Waals surface area contributed by atoms with E-state index in [9.17, 15) is 8.78 Å². The van der Waals surface area contributed by atoms with E-state index in [2.05, 4.69) is 9.97 Å². The van der Waals surface area contributed by atoms with E-state index in [-0.39, 0.29) is 0 Å². The number of benzene rings is 1. The molecule has 1 aliphatic rings. The second-order valence-electron chi connectivity index (χ2n) is 4.74. The number of hydrogen-bond donors (Lipinski definition) is 0. The van der Waals surface area contributed by atoms with Crippen LogP contribution >= 0.6 is 0 Å². The molecular formula is C13H10F2N4. The first kappa shape index (κ1) is 10.7. The van der Waals surface area contributed by atoms with Crippen molar-refractivity contribution in [2.45, 2.75) is 18.9 Å². The summed E-state index contributed by atoms with van der Waals surface area (Å²) in [6, 6.07) is 2.67. The van der Waals surface area contributed by atoms with Gasteiger partial charge in [0.05, 0.1) is 11.0 Å². The van der Waals surface area contributed by atoms with Crippen molar-refractivity contribution < 1.29 is 8.78 Å². The highest BCUT2D eigenvalue weighted by atomic mass is 19.2. The van der Waals surface area contributed by atoms with Crippen LogP contribution in [-0.2, 0) is 0 Å². The van der Waals surface area contributed by atoms with E-state index < -0.39 is 11.6 Å². The highest BCUT2D eigenvalue weighted by molar-refractivity contribution is 5.78. The Morgan fingerprint density at radius 3 is 2.63 bits per heavy atom. The van der Waals surface area contributed by atoms with Crippen molar-refractivity contribution in [2.24, 2.45) is 0 Å². The van der Waals surface area contributed by atoms with E-state index in [4.69, 9.17) is 0 Å². The molecule has 4 nitrogen and oxygen atoms in total. The van der Waals surface area contributed by atoms with Gasteiger partial charge in [0, 0.05) is 30.6 Å². The number of nitrogens with zero attached hydrogens (tertiary/aromatic N) is 4. The van der Waals surface area contributed by atoms with Crippen LogP contribution in [0.5, 0.6) is 0 Å². The molecule has 1 aliphatic carbocycles. The van der Waals surface area contributed by atoms with Crippen molar-refractivity contribution >= 4 is 11.0 Å². The average molecular weight is 260 g/mol. The molecule has 0 bridgehead atoms. The summed E-state index contributed by atoms with van der Waals surface area (Å²) >= 11 is 0. The smallest absolute Gasteiger partial charge is 0.216 e. The minimum atomic E-state index is -0.870. The van der Waals surface area contributed by atoms with Gasteiger partial charge in [-0.05, 0) is 12.8 Å². The van der Waals surface area contributed by atoms with Gasteiger partial charge < -0.3 is 4.57 Å². The molecule has 96 valence electrons. The molecule has 2 aromatic heterocycles. The standard InChI is InChI=1S/C13H10F2N4/c14-9-5-11-12(6-10(9)15)19(8-1-2-8)13(17-11)18-4-3-16-7-18/h3-8H,1-2H2. The summed E-state index contributed by atoms with van der Waals surface area (Å²) in [5.41, 5.74) is 1.10. The van der Waals surface area contributed by atoms with Crippen molar-refractivity contribution in [3.05, 3.63) is 42.5 Å². The minimum absolute atomic E-state index is 0.312. The fraction of sp³-hybridized carbons (Fsp3) is 0.231. The van der Waals surface area contributed by atoms with Crippen molar-refractivity contribution in [3.8, 4) is 5.95 Å². The third-order valence-corrected chi connectivity index (χ3v) is 3.36. The van der Waals surface area contributed by atoms with Gasteiger partial charge in [0.1, 0.15) is 6.33 Å². The molecule has 2 heterocycles. The van der Waals surface area contributed by atoms with Gasteiger partial charge in [-0.3, -0.25) is 4.57 Å². The second-order valence-corrected chi connectivity index (χ2v) is 4.74. The largest absolute Gasteiger partial charge is 0.306 e. The maximum atomic E-state index is 13.4. The van der Waals surface area contributed by atoms with Gasteiger partial charge in [0.15, 0.2) is 11.6 Å². The Labute approximate surface area is 107 Å². The lowest BCUT2D eigenvalue weighted by molar-refractivity contribution is 0.510. The molecule has 3 aromatic rings. The van der Waals surface area contributed by atoms with Crippen LogP contribution in [0, 0.1) is 11.6 Å². The second kappa shape index (κ2) is 3.63. The van der Waals surface area contributed by atoms with Crippen molar-refractivity contribution in [3.63, 3.8) is 0 Å². The molecule has 0 amide bonds. The van der Waals surface area contributed by atoms with Gasteiger partial charge >= 0.3 is 0 Å². The average Bonchev–Trinajstić information content (AvgIpc) is 2.96. The lowest BCUT2D eigenvalue weighted by atomic mass is 10.3. The van der Waals surface area contributed by atoms with E-state index in [0.29, 0.717) is 23.0 Å². The summed E-state index contributed by atoms with van der Waals surface area (Å²) in [5, 5.41) is 0. The maximum Gasteiger partial charge on any atom is 0.216 e. The summed E-state index contributed by atoms with van der Waals surface area (Å²) in [6.07, 6.45) is 7.12. The lowest BCUT2D eigenvalue weighted by Gasteiger charge is -2.07. The predicted molar refractivity (Wildman–Crippen MR) is 65.0 cm³/mol. The van der Waals surface area contributed by atoms with Crippen LogP contribution in [0.3, 0.4) is 0 Å². The van der Waals surface area contributed by atoms with Gasteiger partial charge in [-0.2, -0.15) is 0 Å². The van der Waals surface area contributed by atoms with E-state index in [1.54, 1.807) is 23.3 Å². The molecule has 0 atom stereocenters. The van der Waals surface area contributed by atoms with Crippen LogP contribution in [0.25, 0.3) is 17.0 Å². The molecule has 0 saturated heterocycles. The SMILES string of the molecule is Fc1cc2nc(-n3ccnc3)n(C3CC3)c2cc1F. The zero-order valence-electron chi connectivity index (χ0n) is 9.92. The van der Waals surface area contributed by atoms with Crippen LogP contribution in [-0.4, -0.2) is 19.1 Å². The number of rotatable bonds is 2. The van der Waals surface area contributed by atoms with E-state index in [1.165, 1.54) is 6.07 Å². The van der Waals surface area contributed by atoms with Crippen LogP contribution in [0.15, 0.2) is 30.9 Å². The van der Waals surface area contributed by atoms with Crippen molar-refractivity contribution in [1.82, 2.24) is 19.1 Å². The molecule has 0 unspecified atom stereocenters. The highest BCUT2D eigenvalue weighted by Crippen LogP contribution is 2.39.